The van der Waals surface area contributed by atoms with Crippen LogP contribution in [-0.4, -0.2) is 12.6 Å². The lowest BCUT2D eigenvalue weighted by molar-refractivity contribution is 0.169. The third kappa shape index (κ3) is 4.85. The van der Waals surface area contributed by atoms with Crippen LogP contribution < -0.4 is 5.32 Å². The Labute approximate surface area is 131 Å². The Kier molecular flexibility index (Phi) is 6.29. The van der Waals surface area contributed by atoms with E-state index >= 15 is 0 Å². The lowest BCUT2D eigenvalue weighted by Gasteiger charge is -2.38. The summed E-state index contributed by atoms with van der Waals surface area (Å²) in [6, 6.07) is 11.6. The minimum atomic E-state index is 0.650. The van der Waals surface area contributed by atoms with Crippen LogP contribution >= 0.6 is 0 Å². The molecule has 21 heavy (non-hydrogen) atoms. The van der Waals surface area contributed by atoms with Crippen molar-refractivity contribution < 1.29 is 0 Å². The second-order valence-electron chi connectivity index (χ2n) is 7.49. The molecule has 118 valence electrons. The molecular weight excluding hydrogens is 254 g/mol. The third-order valence-electron chi connectivity index (χ3n) is 5.37. The van der Waals surface area contributed by atoms with Crippen LogP contribution in [0.3, 0.4) is 0 Å². The fourth-order valence-corrected chi connectivity index (χ4v) is 3.87. The average Bonchev–Trinajstić information content (AvgIpc) is 2.48. The summed E-state index contributed by atoms with van der Waals surface area (Å²) < 4.78 is 0. The number of rotatable bonds is 6. The smallest absolute Gasteiger partial charge is 0.0100 e. The van der Waals surface area contributed by atoms with Gasteiger partial charge in [-0.3, -0.25) is 0 Å². The van der Waals surface area contributed by atoms with Crippen LogP contribution in [0, 0.1) is 17.8 Å². The third-order valence-corrected chi connectivity index (χ3v) is 5.37. The van der Waals surface area contributed by atoms with Crippen molar-refractivity contribution in [2.45, 2.75) is 65.3 Å². The fourth-order valence-electron chi connectivity index (χ4n) is 3.87. The first-order valence-electron chi connectivity index (χ1n) is 8.86. The molecule has 0 amide bonds. The summed E-state index contributed by atoms with van der Waals surface area (Å²) in [6.45, 7) is 10.7. The summed E-state index contributed by atoms with van der Waals surface area (Å²) in [4.78, 5) is 0. The van der Waals surface area contributed by atoms with Gasteiger partial charge in [-0.15, -0.1) is 0 Å². The second kappa shape index (κ2) is 7.98. The van der Waals surface area contributed by atoms with Crippen LogP contribution in [0.4, 0.5) is 0 Å². The second-order valence-corrected chi connectivity index (χ2v) is 7.49. The largest absolute Gasteiger partial charge is 0.314 e. The first kappa shape index (κ1) is 16.5. The van der Waals surface area contributed by atoms with E-state index in [0.717, 1.165) is 30.3 Å². The number of benzene rings is 1. The molecule has 1 N–H and O–H groups in total. The van der Waals surface area contributed by atoms with Gasteiger partial charge in [-0.2, -0.15) is 0 Å². The van der Waals surface area contributed by atoms with E-state index in [-0.39, 0.29) is 0 Å². The summed E-state index contributed by atoms with van der Waals surface area (Å²) in [5.41, 5.74) is 1.47. The Morgan fingerprint density at radius 3 is 2.48 bits per heavy atom. The lowest BCUT2D eigenvalue weighted by Crippen LogP contribution is -2.43. The van der Waals surface area contributed by atoms with E-state index in [4.69, 9.17) is 0 Å². The summed E-state index contributed by atoms with van der Waals surface area (Å²) in [6.07, 6.45) is 5.43. The van der Waals surface area contributed by atoms with Gasteiger partial charge in [0.1, 0.15) is 0 Å². The van der Waals surface area contributed by atoms with Gasteiger partial charge in [0.15, 0.2) is 0 Å². The zero-order valence-corrected chi connectivity index (χ0v) is 14.3. The fraction of sp³-hybridized carbons (Fsp3) is 0.700. The standard InChI is InChI=1S/C20H33N/c1-15(2)19-11-10-16(3)14-20(19)21-13-12-17(4)18-8-6-5-7-9-18/h5-9,15-17,19-21H,10-14H2,1-4H3. The molecule has 1 saturated carbocycles. The number of nitrogens with one attached hydrogen (secondary N) is 1. The van der Waals surface area contributed by atoms with Gasteiger partial charge >= 0.3 is 0 Å². The van der Waals surface area contributed by atoms with Crippen molar-refractivity contribution in [3.05, 3.63) is 35.9 Å². The molecular formula is C20H33N. The SMILES string of the molecule is CC1CCC(C(C)C)C(NCCC(C)c2ccccc2)C1. The summed E-state index contributed by atoms with van der Waals surface area (Å²) in [5.74, 6) is 3.22. The van der Waals surface area contributed by atoms with Gasteiger partial charge in [0.2, 0.25) is 0 Å². The molecule has 0 bridgehead atoms. The van der Waals surface area contributed by atoms with E-state index in [1.807, 2.05) is 0 Å². The molecule has 1 aliphatic rings. The Morgan fingerprint density at radius 2 is 1.81 bits per heavy atom. The van der Waals surface area contributed by atoms with Gasteiger partial charge in [-0.05, 0) is 55.0 Å². The van der Waals surface area contributed by atoms with Gasteiger partial charge in [0.05, 0.1) is 0 Å². The molecule has 4 atom stereocenters. The van der Waals surface area contributed by atoms with E-state index in [9.17, 15) is 0 Å². The van der Waals surface area contributed by atoms with Crippen molar-refractivity contribution in [2.24, 2.45) is 17.8 Å². The predicted molar refractivity (Wildman–Crippen MR) is 92.6 cm³/mol. The van der Waals surface area contributed by atoms with Crippen molar-refractivity contribution >= 4 is 0 Å². The quantitative estimate of drug-likeness (QED) is 0.755. The Hall–Kier alpha value is -0.820. The summed E-state index contributed by atoms with van der Waals surface area (Å²) in [5, 5.41) is 3.88. The maximum Gasteiger partial charge on any atom is 0.0100 e. The van der Waals surface area contributed by atoms with Crippen molar-refractivity contribution in [3.8, 4) is 0 Å². The molecule has 0 aromatic heterocycles. The van der Waals surface area contributed by atoms with Gasteiger partial charge in [-0.25, -0.2) is 0 Å². The highest BCUT2D eigenvalue weighted by Crippen LogP contribution is 2.33. The van der Waals surface area contributed by atoms with Crippen LogP contribution in [-0.2, 0) is 0 Å². The van der Waals surface area contributed by atoms with Crippen molar-refractivity contribution in [1.82, 2.24) is 5.32 Å². The highest BCUT2D eigenvalue weighted by Gasteiger charge is 2.30. The predicted octanol–water partition coefficient (Wildman–Crippen LogP) is 5.23. The molecule has 1 heteroatoms. The van der Waals surface area contributed by atoms with Gasteiger partial charge in [0, 0.05) is 6.04 Å². The maximum atomic E-state index is 3.88. The zero-order chi connectivity index (χ0) is 15.2. The topological polar surface area (TPSA) is 12.0 Å². The molecule has 0 saturated heterocycles. The van der Waals surface area contributed by atoms with E-state index < -0.39 is 0 Å². The lowest BCUT2D eigenvalue weighted by atomic mass is 9.74. The van der Waals surface area contributed by atoms with Crippen molar-refractivity contribution in [2.75, 3.05) is 6.54 Å². The molecule has 2 rings (SSSR count). The molecule has 0 radical (unpaired) electrons. The van der Waals surface area contributed by atoms with E-state index in [1.54, 1.807) is 0 Å². The molecule has 1 aromatic rings. The van der Waals surface area contributed by atoms with E-state index in [2.05, 4.69) is 63.3 Å². The minimum absolute atomic E-state index is 0.650. The van der Waals surface area contributed by atoms with Crippen molar-refractivity contribution in [3.63, 3.8) is 0 Å². The van der Waals surface area contributed by atoms with E-state index in [0.29, 0.717) is 5.92 Å². The number of hydrogen-bond donors (Lipinski definition) is 1. The number of hydrogen-bond acceptors (Lipinski definition) is 1. The Morgan fingerprint density at radius 1 is 1.10 bits per heavy atom. The molecule has 1 aliphatic carbocycles. The molecule has 0 aliphatic heterocycles. The molecule has 1 fully saturated rings. The molecule has 0 spiro atoms. The monoisotopic (exact) mass is 287 g/mol. The van der Waals surface area contributed by atoms with Crippen LogP contribution in [0.2, 0.25) is 0 Å². The van der Waals surface area contributed by atoms with Crippen LogP contribution in [0.1, 0.15) is 64.9 Å². The van der Waals surface area contributed by atoms with Gasteiger partial charge in [-0.1, -0.05) is 64.4 Å². The molecule has 4 unspecified atom stereocenters. The van der Waals surface area contributed by atoms with Crippen LogP contribution in [0.15, 0.2) is 30.3 Å². The molecule has 0 heterocycles. The zero-order valence-electron chi connectivity index (χ0n) is 14.3. The molecule has 1 aromatic carbocycles. The first-order chi connectivity index (χ1) is 10.1. The van der Waals surface area contributed by atoms with E-state index in [1.165, 1.54) is 31.2 Å². The highest BCUT2D eigenvalue weighted by molar-refractivity contribution is 5.18. The van der Waals surface area contributed by atoms with Gasteiger partial charge < -0.3 is 5.32 Å². The van der Waals surface area contributed by atoms with Gasteiger partial charge in [0.25, 0.3) is 0 Å². The minimum Gasteiger partial charge on any atom is -0.314 e. The van der Waals surface area contributed by atoms with Crippen molar-refractivity contribution in [1.29, 1.82) is 0 Å². The Bertz CT molecular complexity index is 398. The summed E-state index contributed by atoms with van der Waals surface area (Å²) >= 11 is 0. The summed E-state index contributed by atoms with van der Waals surface area (Å²) in [7, 11) is 0. The average molecular weight is 287 g/mol. The van der Waals surface area contributed by atoms with Crippen LogP contribution in [0.25, 0.3) is 0 Å². The Balaban J connectivity index is 1.81. The molecule has 1 nitrogen and oxygen atoms in total. The first-order valence-corrected chi connectivity index (χ1v) is 8.86. The highest BCUT2D eigenvalue weighted by atomic mass is 14.9. The maximum absolute atomic E-state index is 3.88. The van der Waals surface area contributed by atoms with Crippen LogP contribution in [0.5, 0.6) is 0 Å². The normalized spacial score (nSPS) is 27.8.